The number of halogens is 1. The molecule has 36 heavy (non-hydrogen) atoms. The van der Waals surface area contributed by atoms with Crippen LogP contribution >= 0.6 is 11.8 Å². The summed E-state index contributed by atoms with van der Waals surface area (Å²) >= 11 is 0.787. The number of amides is 3. The SMILES string of the molecule is O=C(CN1C(=O)S/C(=C\c2c(OCc3ccccc3F)ccc3ccccc23)C1=O)N1CCOCC1. The first-order valence-corrected chi connectivity index (χ1v) is 12.3. The van der Waals surface area contributed by atoms with Crippen LogP contribution in [-0.2, 0) is 20.9 Å². The summed E-state index contributed by atoms with van der Waals surface area (Å²) < 4.78 is 25.4. The molecule has 3 amide bonds. The van der Waals surface area contributed by atoms with Crippen molar-refractivity contribution < 1.29 is 28.2 Å². The lowest BCUT2D eigenvalue weighted by Crippen LogP contribution is -2.46. The Morgan fingerprint density at radius 2 is 1.78 bits per heavy atom. The van der Waals surface area contributed by atoms with Gasteiger partial charge in [0.05, 0.1) is 18.1 Å². The van der Waals surface area contributed by atoms with Gasteiger partial charge in [-0.1, -0.05) is 48.5 Å². The molecule has 0 bridgehead atoms. The molecule has 184 valence electrons. The molecule has 2 heterocycles. The lowest BCUT2D eigenvalue weighted by atomic mass is 10.0. The third-order valence-corrected chi connectivity index (χ3v) is 6.99. The summed E-state index contributed by atoms with van der Waals surface area (Å²) in [6.07, 6.45) is 1.61. The van der Waals surface area contributed by atoms with Gasteiger partial charge >= 0.3 is 0 Å². The van der Waals surface area contributed by atoms with Crippen LogP contribution in [0.1, 0.15) is 11.1 Å². The Labute approximate surface area is 211 Å². The van der Waals surface area contributed by atoms with E-state index >= 15 is 0 Å². The molecule has 3 aromatic carbocycles. The summed E-state index contributed by atoms with van der Waals surface area (Å²) in [5.74, 6) is -0.737. The van der Waals surface area contributed by atoms with E-state index in [9.17, 15) is 18.8 Å². The van der Waals surface area contributed by atoms with Crippen molar-refractivity contribution in [2.75, 3.05) is 32.8 Å². The highest BCUT2D eigenvalue weighted by Gasteiger charge is 2.37. The van der Waals surface area contributed by atoms with Crippen LogP contribution in [0.4, 0.5) is 9.18 Å². The normalized spacial score (nSPS) is 17.3. The molecule has 7 nitrogen and oxygen atoms in total. The van der Waals surface area contributed by atoms with Gasteiger partial charge in [-0.25, -0.2) is 4.39 Å². The Bertz CT molecular complexity index is 1370. The number of benzene rings is 3. The first kappa shape index (κ1) is 24.0. The van der Waals surface area contributed by atoms with Gasteiger partial charge in [0.1, 0.15) is 24.7 Å². The summed E-state index contributed by atoms with van der Waals surface area (Å²) in [5.41, 5.74) is 1.01. The number of carbonyl (C=O) groups is 3. The topological polar surface area (TPSA) is 76.2 Å². The van der Waals surface area contributed by atoms with Gasteiger partial charge in [0.25, 0.3) is 11.1 Å². The highest BCUT2D eigenvalue weighted by molar-refractivity contribution is 8.18. The van der Waals surface area contributed by atoms with E-state index in [1.165, 1.54) is 6.07 Å². The molecule has 3 aromatic rings. The zero-order valence-corrected chi connectivity index (χ0v) is 20.1. The van der Waals surface area contributed by atoms with Crippen molar-refractivity contribution in [2.24, 2.45) is 0 Å². The number of hydrogen-bond donors (Lipinski definition) is 0. The monoisotopic (exact) mass is 506 g/mol. The Balaban J connectivity index is 1.43. The van der Waals surface area contributed by atoms with Crippen LogP contribution in [0.3, 0.4) is 0 Å². The number of ether oxygens (including phenoxy) is 2. The standard InChI is InChI=1S/C27H23FN2O5S/c28-22-8-4-2-6-19(22)17-35-23-10-9-18-5-1-3-7-20(18)21(23)15-24-26(32)30(27(33)36-24)16-25(31)29-11-13-34-14-12-29/h1-10,15H,11-14,16-17H2/b24-15-. The van der Waals surface area contributed by atoms with Crippen LogP contribution in [0.25, 0.3) is 16.8 Å². The summed E-state index contributed by atoms with van der Waals surface area (Å²) in [6.45, 7) is 1.43. The number of thioether (sulfide) groups is 1. The van der Waals surface area contributed by atoms with E-state index in [2.05, 4.69) is 0 Å². The minimum Gasteiger partial charge on any atom is -0.488 e. The second-order valence-corrected chi connectivity index (χ2v) is 9.33. The van der Waals surface area contributed by atoms with Gasteiger partial charge in [0, 0.05) is 24.2 Å². The molecule has 2 saturated heterocycles. The molecule has 0 atom stereocenters. The van der Waals surface area contributed by atoms with Gasteiger partial charge in [-0.05, 0) is 40.7 Å². The van der Waals surface area contributed by atoms with E-state index in [0.717, 1.165) is 27.4 Å². The number of hydrogen-bond acceptors (Lipinski definition) is 6. The number of fused-ring (bicyclic) bond motifs is 1. The van der Waals surface area contributed by atoms with Gasteiger partial charge in [-0.3, -0.25) is 19.3 Å². The third kappa shape index (κ3) is 4.98. The lowest BCUT2D eigenvalue weighted by molar-refractivity contribution is -0.139. The maximum atomic E-state index is 14.1. The summed E-state index contributed by atoms with van der Waals surface area (Å²) in [4.78, 5) is 41.2. The molecular weight excluding hydrogens is 483 g/mol. The van der Waals surface area contributed by atoms with Crippen LogP contribution in [0.15, 0.2) is 65.6 Å². The molecule has 0 aromatic heterocycles. The van der Waals surface area contributed by atoms with Crippen molar-refractivity contribution in [3.05, 3.63) is 82.5 Å². The second kappa shape index (κ2) is 10.5. The largest absolute Gasteiger partial charge is 0.488 e. The highest BCUT2D eigenvalue weighted by Crippen LogP contribution is 2.37. The van der Waals surface area contributed by atoms with E-state index in [-0.39, 0.29) is 29.8 Å². The maximum Gasteiger partial charge on any atom is 0.294 e. The molecule has 0 unspecified atom stereocenters. The van der Waals surface area contributed by atoms with Gasteiger partial charge < -0.3 is 14.4 Å². The number of imide groups is 1. The highest BCUT2D eigenvalue weighted by atomic mass is 32.2. The van der Waals surface area contributed by atoms with Crippen molar-refractivity contribution >= 4 is 45.7 Å². The molecule has 5 rings (SSSR count). The third-order valence-electron chi connectivity index (χ3n) is 6.08. The molecule has 2 aliphatic heterocycles. The first-order chi connectivity index (χ1) is 17.5. The molecule has 0 aliphatic carbocycles. The molecule has 0 radical (unpaired) electrons. The molecule has 0 spiro atoms. The summed E-state index contributed by atoms with van der Waals surface area (Å²) in [7, 11) is 0. The minimum atomic E-state index is -0.528. The van der Waals surface area contributed by atoms with Crippen molar-refractivity contribution in [1.82, 2.24) is 9.80 Å². The van der Waals surface area contributed by atoms with Crippen LogP contribution in [0.5, 0.6) is 5.75 Å². The van der Waals surface area contributed by atoms with Crippen LogP contribution in [0.2, 0.25) is 0 Å². The van der Waals surface area contributed by atoms with Crippen LogP contribution in [-0.4, -0.2) is 59.7 Å². The van der Waals surface area contributed by atoms with Crippen LogP contribution < -0.4 is 4.74 Å². The summed E-state index contributed by atoms with van der Waals surface area (Å²) in [5, 5.41) is 1.24. The Hall–Kier alpha value is -3.69. The molecular formula is C27H23FN2O5S. The number of morpholine rings is 1. The van der Waals surface area contributed by atoms with Crippen LogP contribution in [0, 0.1) is 5.82 Å². The number of rotatable bonds is 6. The average Bonchev–Trinajstić information content (AvgIpc) is 3.16. The van der Waals surface area contributed by atoms with Gasteiger partial charge in [0.15, 0.2) is 0 Å². The van der Waals surface area contributed by atoms with Crippen molar-refractivity contribution in [2.45, 2.75) is 6.61 Å². The van der Waals surface area contributed by atoms with Gasteiger partial charge in [0.2, 0.25) is 5.91 Å². The predicted molar refractivity (Wildman–Crippen MR) is 135 cm³/mol. The Kier molecular flexibility index (Phi) is 7.02. The minimum absolute atomic E-state index is 0.00137. The number of carbonyl (C=O) groups excluding carboxylic acids is 3. The second-order valence-electron chi connectivity index (χ2n) is 8.34. The molecule has 0 saturated carbocycles. The molecule has 2 fully saturated rings. The molecule has 9 heteroatoms. The van der Waals surface area contributed by atoms with Crippen molar-refractivity contribution in [1.29, 1.82) is 0 Å². The Morgan fingerprint density at radius 3 is 2.58 bits per heavy atom. The fraction of sp³-hybridized carbons (Fsp3) is 0.222. The maximum absolute atomic E-state index is 14.1. The number of nitrogens with zero attached hydrogens (tertiary/aromatic N) is 2. The van der Waals surface area contributed by atoms with E-state index in [1.54, 1.807) is 35.2 Å². The summed E-state index contributed by atoms with van der Waals surface area (Å²) in [6, 6.07) is 17.6. The van der Waals surface area contributed by atoms with Crippen molar-refractivity contribution in [3.63, 3.8) is 0 Å². The molecule has 0 N–H and O–H groups in total. The van der Waals surface area contributed by atoms with E-state index < -0.39 is 11.1 Å². The van der Waals surface area contributed by atoms with E-state index in [4.69, 9.17) is 9.47 Å². The van der Waals surface area contributed by atoms with Gasteiger partial charge in [-0.15, -0.1) is 0 Å². The lowest BCUT2D eigenvalue weighted by Gasteiger charge is -2.28. The smallest absolute Gasteiger partial charge is 0.294 e. The van der Waals surface area contributed by atoms with Crippen molar-refractivity contribution in [3.8, 4) is 5.75 Å². The molecule has 2 aliphatic rings. The van der Waals surface area contributed by atoms with E-state index in [1.807, 2.05) is 30.3 Å². The van der Waals surface area contributed by atoms with E-state index in [0.29, 0.717) is 43.2 Å². The zero-order valence-electron chi connectivity index (χ0n) is 19.3. The first-order valence-electron chi connectivity index (χ1n) is 11.5. The predicted octanol–water partition coefficient (Wildman–Crippen LogP) is 4.45. The fourth-order valence-electron chi connectivity index (χ4n) is 4.14. The van der Waals surface area contributed by atoms with Gasteiger partial charge in [-0.2, -0.15) is 0 Å². The zero-order chi connectivity index (χ0) is 25.1. The average molecular weight is 507 g/mol. The quantitative estimate of drug-likeness (QED) is 0.460. The Morgan fingerprint density at radius 1 is 1.03 bits per heavy atom. The fourth-order valence-corrected chi connectivity index (χ4v) is 4.96.